The van der Waals surface area contributed by atoms with Gasteiger partial charge in [-0.05, 0) is 37.8 Å². The molecule has 1 aliphatic rings. The number of carbonyl (C=O) groups excluding carboxylic acids is 2. The number of carbonyl (C=O) groups is 2. The van der Waals surface area contributed by atoms with Gasteiger partial charge in [0.25, 0.3) is 0 Å². The Morgan fingerprint density at radius 2 is 1.83 bits per heavy atom. The summed E-state index contributed by atoms with van der Waals surface area (Å²) in [5.41, 5.74) is 0.279. The molecule has 0 saturated carbocycles. The van der Waals surface area contributed by atoms with Crippen molar-refractivity contribution in [3.63, 3.8) is 0 Å². The molecule has 0 N–H and O–H groups in total. The Kier molecular flexibility index (Phi) is 5.59. The first kappa shape index (κ1) is 17.3. The van der Waals surface area contributed by atoms with E-state index in [0.717, 1.165) is 18.4 Å². The summed E-state index contributed by atoms with van der Waals surface area (Å²) < 4.78 is 10.5. The van der Waals surface area contributed by atoms with Crippen LogP contribution in [-0.4, -0.2) is 25.2 Å². The summed E-state index contributed by atoms with van der Waals surface area (Å²) in [4.78, 5) is 25.6. The summed E-state index contributed by atoms with van der Waals surface area (Å²) in [6, 6.07) is 7.56. The average molecular weight is 316 g/mol. The fourth-order valence-corrected chi connectivity index (χ4v) is 3.35. The van der Waals surface area contributed by atoms with E-state index in [4.69, 9.17) is 9.47 Å². The summed E-state index contributed by atoms with van der Waals surface area (Å²) in [5, 5.41) is 0. The van der Waals surface area contributed by atoms with Crippen LogP contribution in [0.2, 0.25) is 0 Å². The van der Waals surface area contributed by atoms with Crippen LogP contribution in [0.5, 0.6) is 0 Å². The lowest BCUT2D eigenvalue weighted by molar-refractivity contribution is -0.165. The molecular formula is C19H24O4. The summed E-state index contributed by atoms with van der Waals surface area (Å²) in [6.07, 6.45) is 3.85. The minimum Gasteiger partial charge on any atom is -0.465 e. The van der Waals surface area contributed by atoms with Gasteiger partial charge in [0.05, 0.1) is 13.2 Å². The number of hydrogen-bond acceptors (Lipinski definition) is 4. The molecule has 1 aromatic carbocycles. The second kappa shape index (κ2) is 7.44. The Bertz CT molecular complexity index is 573. The van der Waals surface area contributed by atoms with Crippen molar-refractivity contribution >= 4 is 11.9 Å². The molecule has 1 unspecified atom stereocenters. The smallest absolute Gasteiger partial charge is 0.328 e. The van der Waals surface area contributed by atoms with Gasteiger partial charge in [0, 0.05) is 5.92 Å². The lowest BCUT2D eigenvalue weighted by Crippen LogP contribution is -2.46. The maximum atomic E-state index is 12.8. The Balaban J connectivity index is 2.66. The molecule has 0 bridgehead atoms. The van der Waals surface area contributed by atoms with Crippen LogP contribution < -0.4 is 0 Å². The van der Waals surface area contributed by atoms with E-state index < -0.39 is 17.4 Å². The zero-order valence-electron chi connectivity index (χ0n) is 13.8. The minimum absolute atomic E-state index is 0.122. The van der Waals surface area contributed by atoms with Crippen molar-refractivity contribution in [1.29, 1.82) is 0 Å². The van der Waals surface area contributed by atoms with Crippen LogP contribution in [0.3, 0.4) is 0 Å². The SMILES string of the molecule is C=CC1CCCC(C(=O)OCC)(C(=O)OCC)c2ccccc21. The predicted octanol–water partition coefficient (Wildman–Crippen LogP) is 3.50. The standard InChI is InChI=1S/C19H24O4/c1-4-14-10-9-13-19(17(20)22-5-2,18(21)23-6-3)16-12-8-7-11-15(14)16/h4,7-8,11-12,14H,1,5-6,9-10,13H2,2-3H3. The number of rotatable bonds is 5. The van der Waals surface area contributed by atoms with Crippen LogP contribution in [0.4, 0.5) is 0 Å². The maximum Gasteiger partial charge on any atom is 0.328 e. The van der Waals surface area contributed by atoms with E-state index in [-0.39, 0.29) is 19.1 Å². The highest BCUT2D eigenvalue weighted by Gasteiger charge is 2.52. The number of hydrogen-bond donors (Lipinski definition) is 0. The molecule has 0 saturated heterocycles. The first-order valence-electron chi connectivity index (χ1n) is 8.18. The molecule has 124 valence electrons. The van der Waals surface area contributed by atoms with Crippen molar-refractivity contribution in [3.05, 3.63) is 48.0 Å². The molecule has 4 heteroatoms. The van der Waals surface area contributed by atoms with Gasteiger partial charge in [0.15, 0.2) is 5.41 Å². The first-order chi connectivity index (χ1) is 11.1. The van der Waals surface area contributed by atoms with Gasteiger partial charge in [-0.2, -0.15) is 0 Å². The largest absolute Gasteiger partial charge is 0.465 e. The Hall–Kier alpha value is -2.10. The van der Waals surface area contributed by atoms with E-state index in [1.807, 2.05) is 30.3 Å². The highest BCUT2D eigenvalue weighted by molar-refractivity contribution is 6.06. The van der Waals surface area contributed by atoms with Gasteiger partial charge < -0.3 is 9.47 Å². The minimum atomic E-state index is -1.37. The molecule has 1 aliphatic carbocycles. The van der Waals surface area contributed by atoms with Gasteiger partial charge in [-0.3, -0.25) is 9.59 Å². The molecule has 23 heavy (non-hydrogen) atoms. The fraction of sp³-hybridized carbons (Fsp3) is 0.474. The van der Waals surface area contributed by atoms with Crippen LogP contribution in [0.1, 0.15) is 50.2 Å². The van der Waals surface area contributed by atoms with Crippen molar-refractivity contribution in [2.45, 2.75) is 44.4 Å². The van der Waals surface area contributed by atoms with Crippen molar-refractivity contribution in [2.75, 3.05) is 13.2 Å². The summed E-state index contributed by atoms with van der Waals surface area (Å²) in [6.45, 7) is 7.85. The molecular weight excluding hydrogens is 292 g/mol. The molecule has 0 heterocycles. The Morgan fingerprint density at radius 3 is 2.39 bits per heavy atom. The van der Waals surface area contributed by atoms with Crippen molar-refractivity contribution in [1.82, 2.24) is 0 Å². The molecule has 0 aliphatic heterocycles. The number of esters is 2. The zero-order chi connectivity index (χ0) is 16.9. The second-order valence-electron chi connectivity index (χ2n) is 5.67. The van der Waals surface area contributed by atoms with Crippen LogP contribution >= 0.6 is 0 Å². The Morgan fingerprint density at radius 1 is 1.22 bits per heavy atom. The lowest BCUT2D eigenvalue weighted by Gasteiger charge is -2.30. The van der Waals surface area contributed by atoms with Crippen LogP contribution in [0.25, 0.3) is 0 Å². The van der Waals surface area contributed by atoms with E-state index in [0.29, 0.717) is 12.0 Å². The highest BCUT2D eigenvalue weighted by atomic mass is 16.6. The molecule has 0 aromatic heterocycles. The molecule has 4 nitrogen and oxygen atoms in total. The monoisotopic (exact) mass is 316 g/mol. The van der Waals surface area contributed by atoms with E-state index in [9.17, 15) is 9.59 Å². The fourth-order valence-electron chi connectivity index (χ4n) is 3.35. The average Bonchev–Trinajstić information content (AvgIpc) is 2.72. The Labute approximate surface area is 137 Å². The number of allylic oxidation sites excluding steroid dienone is 1. The van der Waals surface area contributed by atoms with Gasteiger partial charge in [-0.25, -0.2) is 0 Å². The highest BCUT2D eigenvalue weighted by Crippen LogP contribution is 2.43. The van der Waals surface area contributed by atoms with Crippen molar-refractivity contribution in [2.24, 2.45) is 0 Å². The van der Waals surface area contributed by atoms with Gasteiger partial charge in [0.2, 0.25) is 0 Å². The molecule has 0 spiro atoms. The summed E-state index contributed by atoms with van der Waals surface area (Å²) in [5.74, 6) is -0.914. The molecule has 0 amide bonds. The molecule has 0 fully saturated rings. The van der Waals surface area contributed by atoms with Crippen LogP contribution in [0, 0.1) is 0 Å². The van der Waals surface area contributed by atoms with Crippen LogP contribution in [0.15, 0.2) is 36.9 Å². The zero-order valence-corrected chi connectivity index (χ0v) is 13.8. The molecule has 2 rings (SSSR count). The van der Waals surface area contributed by atoms with Gasteiger partial charge in [-0.15, -0.1) is 6.58 Å². The molecule has 0 radical (unpaired) electrons. The summed E-state index contributed by atoms with van der Waals surface area (Å²) >= 11 is 0. The van der Waals surface area contributed by atoms with Gasteiger partial charge in [-0.1, -0.05) is 36.8 Å². The third kappa shape index (κ3) is 3.03. The van der Waals surface area contributed by atoms with Crippen molar-refractivity contribution in [3.8, 4) is 0 Å². The van der Waals surface area contributed by atoms with E-state index >= 15 is 0 Å². The van der Waals surface area contributed by atoms with Crippen molar-refractivity contribution < 1.29 is 19.1 Å². The second-order valence-corrected chi connectivity index (χ2v) is 5.67. The quantitative estimate of drug-likeness (QED) is 0.361. The van der Waals surface area contributed by atoms with E-state index in [1.54, 1.807) is 13.8 Å². The molecule has 1 aromatic rings. The first-order valence-corrected chi connectivity index (χ1v) is 8.18. The van der Waals surface area contributed by atoms with E-state index in [2.05, 4.69) is 6.58 Å². The number of ether oxygens (including phenoxy) is 2. The maximum absolute atomic E-state index is 12.8. The number of benzene rings is 1. The van der Waals surface area contributed by atoms with E-state index in [1.165, 1.54) is 0 Å². The third-order valence-electron chi connectivity index (χ3n) is 4.42. The topological polar surface area (TPSA) is 52.6 Å². The normalized spacial score (nSPS) is 19.1. The molecule has 1 atom stereocenters. The predicted molar refractivity (Wildman–Crippen MR) is 88.2 cm³/mol. The lowest BCUT2D eigenvalue weighted by atomic mass is 9.75. The van der Waals surface area contributed by atoms with Gasteiger partial charge in [0.1, 0.15) is 0 Å². The third-order valence-corrected chi connectivity index (χ3v) is 4.42. The van der Waals surface area contributed by atoms with Gasteiger partial charge >= 0.3 is 11.9 Å². The van der Waals surface area contributed by atoms with Crippen LogP contribution in [-0.2, 0) is 24.5 Å². The number of fused-ring (bicyclic) bond motifs is 1. The summed E-state index contributed by atoms with van der Waals surface area (Å²) in [7, 11) is 0.